The molecule has 1 N–H and O–H groups in total. The number of phenols is 1. The van der Waals surface area contributed by atoms with Crippen molar-refractivity contribution in [1.29, 1.82) is 0 Å². The van der Waals surface area contributed by atoms with Crippen molar-refractivity contribution < 1.29 is 5.11 Å². The van der Waals surface area contributed by atoms with Gasteiger partial charge in [0.1, 0.15) is 5.75 Å². The zero-order valence-electron chi connectivity index (χ0n) is 13.3. The van der Waals surface area contributed by atoms with Crippen LogP contribution >= 0.6 is 0 Å². The van der Waals surface area contributed by atoms with E-state index in [1.807, 2.05) is 6.07 Å². The molecule has 0 aliphatic rings. The SMILES string of the molecule is Cc1ccc(O)c(-c2c(C)cc(C(C)(C)C)cc2C)c1. The molecule has 0 amide bonds. The smallest absolute Gasteiger partial charge is 0.123 e. The van der Waals surface area contributed by atoms with E-state index in [4.69, 9.17) is 0 Å². The molecule has 1 heteroatoms. The van der Waals surface area contributed by atoms with Gasteiger partial charge in [0.2, 0.25) is 0 Å². The number of rotatable bonds is 1. The van der Waals surface area contributed by atoms with Crippen LogP contribution in [0.1, 0.15) is 43.0 Å². The molecule has 0 atom stereocenters. The van der Waals surface area contributed by atoms with Crippen LogP contribution in [-0.2, 0) is 5.41 Å². The predicted molar refractivity (Wildman–Crippen MR) is 86.5 cm³/mol. The van der Waals surface area contributed by atoms with Crippen molar-refractivity contribution in [2.75, 3.05) is 0 Å². The topological polar surface area (TPSA) is 20.2 Å². The molecule has 0 unspecified atom stereocenters. The summed E-state index contributed by atoms with van der Waals surface area (Å²) in [5.41, 5.74) is 7.16. The quantitative estimate of drug-likeness (QED) is 0.745. The molecule has 0 aliphatic heterocycles. The highest BCUT2D eigenvalue weighted by atomic mass is 16.3. The zero-order chi connectivity index (χ0) is 15.1. The predicted octanol–water partition coefficient (Wildman–Crippen LogP) is 5.28. The van der Waals surface area contributed by atoms with Gasteiger partial charge < -0.3 is 5.11 Å². The van der Waals surface area contributed by atoms with Gasteiger partial charge in [-0.2, -0.15) is 0 Å². The number of benzene rings is 2. The Balaban J connectivity index is 2.67. The van der Waals surface area contributed by atoms with Crippen molar-refractivity contribution in [2.45, 2.75) is 47.0 Å². The van der Waals surface area contributed by atoms with Crippen LogP contribution in [-0.4, -0.2) is 5.11 Å². The third-order valence-corrected chi connectivity index (χ3v) is 3.82. The molecule has 0 aliphatic carbocycles. The lowest BCUT2D eigenvalue weighted by atomic mass is 9.82. The minimum atomic E-state index is 0.142. The van der Waals surface area contributed by atoms with Gasteiger partial charge in [-0.15, -0.1) is 0 Å². The summed E-state index contributed by atoms with van der Waals surface area (Å²) in [5.74, 6) is 0.352. The van der Waals surface area contributed by atoms with Gasteiger partial charge in [-0.25, -0.2) is 0 Å². The Morgan fingerprint density at radius 1 is 0.850 bits per heavy atom. The molecule has 20 heavy (non-hydrogen) atoms. The van der Waals surface area contributed by atoms with Crippen LogP contribution in [0.3, 0.4) is 0 Å². The highest BCUT2D eigenvalue weighted by molar-refractivity contribution is 5.76. The van der Waals surface area contributed by atoms with Crippen molar-refractivity contribution >= 4 is 0 Å². The number of aryl methyl sites for hydroxylation is 3. The van der Waals surface area contributed by atoms with E-state index in [1.165, 1.54) is 16.7 Å². The van der Waals surface area contributed by atoms with Crippen LogP contribution in [0.5, 0.6) is 5.75 Å². The van der Waals surface area contributed by atoms with Crippen LogP contribution in [0.4, 0.5) is 0 Å². The lowest BCUT2D eigenvalue weighted by Crippen LogP contribution is -2.12. The molecule has 0 spiro atoms. The first-order chi connectivity index (χ1) is 9.20. The summed E-state index contributed by atoms with van der Waals surface area (Å²) in [7, 11) is 0. The van der Waals surface area contributed by atoms with E-state index in [0.717, 1.165) is 16.7 Å². The fourth-order valence-electron chi connectivity index (χ4n) is 2.67. The van der Waals surface area contributed by atoms with E-state index < -0.39 is 0 Å². The Morgan fingerprint density at radius 3 is 1.90 bits per heavy atom. The summed E-state index contributed by atoms with van der Waals surface area (Å²) in [6.07, 6.45) is 0. The first kappa shape index (κ1) is 14.6. The second-order valence-corrected chi connectivity index (χ2v) is 6.76. The van der Waals surface area contributed by atoms with Crippen LogP contribution in [0.25, 0.3) is 11.1 Å². The van der Waals surface area contributed by atoms with Crippen LogP contribution in [0.15, 0.2) is 30.3 Å². The Morgan fingerprint density at radius 2 is 1.40 bits per heavy atom. The molecule has 0 bridgehead atoms. The monoisotopic (exact) mass is 268 g/mol. The van der Waals surface area contributed by atoms with Crippen molar-refractivity contribution in [3.8, 4) is 16.9 Å². The normalized spacial score (nSPS) is 11.7. The van der Waals surface area contributed by atoms with Gasteiger partial charge in [0, 0.05) is 5.56 Å². The van der Waals surface area contributed by atoms with Gasteiger partial charge in [0.05, 0.1) is 0 Å². The summed E-state index contributed by atoms with van der Waals surface area (Å²) < 4.78 is 0. The van der Waals surface area contributed by atoms with Crippen LogP contribution in [0, 0.1) is 20.8 Å². The van der Waals surface area contributed by atoms with Crippen LogP contribution < -0.4 is 0 Å². The molecular formula is C19H24O. The van der Waals surface area contributed by atoms with Gasteiger partial charge in [-0.3, -0.25) is 0 Å². The Bertz CT molecular complexity index is 622. The van der Waals surface area contributed by atoms with Crippen molar-refractivity contribution in [1.82, 2.24) is 0 Å². The highest BCUT2D eigenvalue weighted by Crippen LogP contribution is 2.37. The lowest BCUT2D eigenvalue weighted by molar-refractivity contribution is 0.477. The molecule has 1 nitrogen and oxygen atoms in total. The second kappa shape index (κ2) is 4.97. The number of hydrogen-bond donors (Lipinski definition) is 1. The van der Waals surface area contributed by atoms with Gasteiger partial charge in [0.15, 0.2) is 0 Å². The maximum atomic E-state index is 10.2. The largest absolute Gasteiger partial charge is 0.507 e. The molecule has 2 aromatic carbocycles. The van der Waals surface area contributed by atoms with E-state index in [9.17, 15) is 5.11 Å². The average Bonchev–Trinajstić information content (AvgIpc) is 2.31. The highest BCUT2D eigenvalue weighted by Gasteiger charge is 2.18. The molecule has 0 fully saturated rings. The first-order valence-electron chi connectivity index (χ1n) is 7.12. The summed E-state index contributed by atoms with van der Waals surface area (Å²) in [5, 5.41) is 10.2. The lowest BCUT2D eigenvalue weighted by Gasteiger charge is -2.23. The number of hydrogen-bond acceptors (Lipinski definition) is 1. The molecule has 0 heterocycles. The molecule has 0 radical (unpaired) electrons. The second-order valence-electron chi connectivity index (χ2n) is 6.76. The zero-order valence-corrected chi connectivity index (χ0v) is 13.3. The number of phenolic OH excluding ortho intramolecular Hbond substituents is 1. The number of aromatic hydroxyl groups is 1. The summed E-state index contributed by atoms with van der Waals surface area (Å²) in [6.45, 7) is 13.0. The summed E-state index contributed by atoms with van der Waals surface area (Å²) >= 11 is 0. The van der Waals surface area contributed by atoms with Crippen molar-refractivity contribution in [3.63, 3.8) is 0 Å². The van der Waals surface area contributed by atoms with Gasteiger partial charge in [-0.1, -0.05) is 44.5 Å². The Kier molecular flexibility index (Phi) is 3.64. The first-order valence-corrected chi connectivity index (χ1v) is 7.12. The summed E-state index contributed by atoms with van der Waals surface area (Å²) in [4.78, 5) is 0. The molecule has 0 saturated heterocycles. The van der Waals surface area contributed by atoms with E-state index in [0.29, 0.717) is 5.75 Å². The van der Waals surface area contributed by atoms with Crippen LogP contribution in [0.2, 0.25) is 0 Å². The Labute approximate surface area is 122 Å². The van der Waals surface area contributed by atoms with Crippen molar-refractivity contribution in [2.24, 2.45) is 0 Å². The fourth-order valence-corrected chi connectivity index (χ4v) is 2.67. The van der Waals surface area contributed by atoms with Gasteiger partial charge >= 0.3 is 0 Å². The van der Waals surface area contributed by atoms with E-state index >= 15 is 0 Å². The summed E-state index contributed by atoms with van der Waals surface area (Å²) in [6, 6.07) is 10.3. The minimum Gasteiger partial charge on any atom is -0.507 e. The maximum Gasteiger partial charge on any atom is 0.123 e. The maximum absolute atomic E-state index is 10.2. The standard InChI is InChI=1S/C19H24O/c1-12-7-8-17(20)16(9-12)18-13(2)10-15(11-14(18)3)19(4,5)6/h7-11,20H,1-6H3. The van der Waals surface area contributed by atoms with E-state index in [2.05, 4.69) is 59.7 Å². The fraction of sp³-hybridized carbons (Fsp3) is 0.368. The molecule has 0 saturated carbocycles. The molecule has 2 aromatic rings. The molecule has 2 rings (SSSR count). The molecular weight excluding hydrogens is 244 g/mol. The van der Waals surface area contributed by atoms with Gasteiger partial charge in [0.25, 0.3) is 0 Å². The Hall–Kier alpha value is -1.76. The third-order valence-electron chi connectivity index (χ3n) is 3.82. The minimum absolute atomic E-state index is 0.142. The van der Waals surface area contributed by atoms with E-state index in [-0.39, 0.29) is 5.41 Å². The van der Waals surface area contributed by atoms with Crippen molar-refractivity contribution in [3.05, 3.63) is 52.6 Å². The van der Waals surface area contributed by atoms with E-state index in [1.54, 1.807) is 6.07 Å². The third kappa shape index (κ3) is 2.72. The molecule has 106 valence electrons. The molecule has 0 aromatic heterocycles. The van der Waals surface area contributed by atoms with Gasteiger partial charge in [-0.05, 0) is 60.6 Å². The average molecular weight is 268 g/mol.